The molecule has 0 aromatic carbocycles. The Balaban J connectivity index is 1.22. The summed E-state index contributed by atoms with van der Waals surface area (Å²) >= 11 is 0. The Morgan fingerprint density at radius 2 is 1.78 bits per heavy atom. The van der Waals surface area contributed by atoms with Gasteiger partial charge in [0.2, 0.25) is 0 Å². The second-order valence-corrected chi connectivity index (χ2v) is 13.2. The molecule has 4 aromatic rings. The lowest BCUT2D eigenvalue weighted by Crippen LogP contribution is -2.42. The molecule has 12 nitrogen and oxygen atoms in total. The number of pyridine rings is 2. The first-order valence-corrected chi connectivity index (χ1v) is 16.7. The number of ether oxygens (including phenoxy) is 2. The highest BCUT2D eigenvalue weighted by Gasteiger charge is 2.33. The van der Waals surface area contributed by atoms with Gasteiger partial charge >= 0.3 is 6.18 Å². The zero-order valence-electron chi connectivity index (χ0n) is 28.2. The predicted molar refractivity (Wildman–Crippen MR) is 179 cm³/mol. The van der Waals surface area contributed by atoms with Crippen molar-refractivity contribution in [3.63, 3.8) is 0 Å². The van der Waals surface area contributed by atoms with Crippen molar-refractivity contribution >= 4 is 17.3 Å². The van der Waals surface area contributed by atoms with Gasteiger partial charge < -0.3 is 25.2 Å². The van der Waals surface area contributed by atoms with Crippen molar-refractivity contribution in [2.45, 2.75) is 82.3 Å². The van der Waals surface area contributed by atoms with Gasteiger partial charge in [-0.05, 0) is 51.5 Å². The molecule has 0 atom stereocenters. The highest BCUT2D eigenvalue weighted by molar-refractivity contribution is 5.81. The molecule has 17 heteroatoms. The quantitative estimate of drug-likeness (QED) is 0.142. The van der Waals surface area contributed by atoms with E-state index in [1.807, 2.05) is 13.0 Å². The van der Waals surface area contributed by atoms with E-state index in [2.05, 4.69) is 35.7 Å². The first-order valence-electron chi connectivity index (χ1n) is 16.7. The summed E-state index contributed by atoms with van der Waals surface area (Å²) in [5.74, 6) is 2.04. The van der Waals surface area contributed by atoms with Crippen LogP contribution in [0.15, 0.2) is 49.2 Å². The average Bonchev–Trinajstić information content (AvgIpc) is 3.54. The van der Waals surface area contributed by atoms with Crippen LogP contribution in [0, 0.1) is 0 Å². The van der Waals surface area contributed by atoms with E-state index in [0.717, 1.165) is 17.5 Å². The number of aliphatic hydroxyl groups is 1. The molecular weight excluding hydrogens is 677 g/mol. The SMILES string of the molecule is COc1cc(OC2CCN(CC(F)(F)F)CC2)cnc1-c1cnc(Nc2ccnc(-c3cnn(CC(F)F)c3)n2)cc1NC1CCC(C)(O)CC1. The van der Waals surface area contributed by atoms with Gasteiger partial charge in [0, 0.05) is 61.1 Å². The molecule has 0 radical (unpaired) electrons. The number of hydrogen-bond donors (Lipinski definition) is 3. The Labute approximate surface area is 291 Å². The minimum absolute atomic E-state index is 0.0615. The normalized spacial score (nSPS) is 20.4. The van der Waals surface area contributed by atoms with Crippen molar-refractivity contribution in [1.29, 1.82) is 0 Å². The molecule has 2 aliphatic rings. The van der Waals surface area contributed by atoms with Crippen molar-refractivity contribution in [3.05, 3.63) is 49.2 Å². The maximum absolute atomic E-state index is 12.8. The zero-order valence-corrected chi connectivity index (χ0v) is 28.2. The van der Waals surface area contributed by atoms with E-state index in [4.69, 9.17) is 9.47 Å². The van der Waals surface area contributed by atoms with Gasteiger partial charge in [0.1, 0.15) is 41.5 Å². The fourth-order valence-corrected chi connectivity index (χ4v) is 6.33. The molecule has 0 spiro atoms. The highest BCUT2D eigenvalue weighted by Crippen LogP contribution is 2.39. The van der Waals surface area contributed by atoms with E-state index in [1.54, 1.807) is 30.7 Å². The molecule has 5 heterocycles. The summed E-state index contributed by atoms with van der Waals surface area (Å²) in [6.07, 6.45) is 4.28. The third-order valence-corrected chi connectivity index (χ3v) is 9.00. The Bertz CT molecular complexity index is 1770. The van der Waals surface area contributed by atoms with Crippen LogP contribution in [0.25, 0.3) is 22.6 Å². The van der Waals surface area contributed by atoms with Crippen LogP contribution < -0.4 is 20.1 Å². The number of methoxy groups -OCH3 is 1. The molecule has 1 saturated carbocycles. The third-order valence-electron chi connectivity index (χ3n) is 9.00. The molecule has 1 saturated heterocycles. The lowest BCUT2D eigenvalue weighted by atomic mass is 9.83. The number of nitrogens with one attached hydrogen (secondary N) is 2. The largest absolute Gasteiger partial charge is 0.494 e. The fourth-order valence-electron chi connectivity index (χ4n) is 6.33. The number of likely N-dealkylation sites (tertiary alicyclic amines) is 1. The van der Waals surface area contributed by atoms with Crippen molar-refractivity contribution in [1.82, 2.24) is 34.6 Å². The molecule has 0 amide bonds. The molecule has 274 valence electrons. The van der Waals surface area contributed by atoms with Gasteiger partial charge in [-0.15, -0.1) is 0 Å². The van der Waals surface area contributed by atoms with E-state index >= 15 is 0 Å². The van der Waals surface area contributed by atoms with Crippen LogP contribution in [0.4, 0.5) is 39.3 Å². The summed E-state index contributed by atoms with van der Waals surface area (Å²) in [6.45, 7) is 0.944. The highest BCUT2D eigenvalue weighted by atomic mass is 19.4. The number of halogens is 5. The molecule has 0 unspecified atom stereocenters. The van der Waals surface area contributed by atoms with Gasteiger partial charge in [-0.2, -0.15) is 18.3 Å². The minimum Gasteiger partial charge on any atom is -0.494 e. The van der Waals surface area contributed by atoms with Crippen LogP contribution in [0.1, 0.15) is 45.4 Å². The molecule has 2 fully saturated rings. The first kappa shape index (κ1) is 36.2. The van der Waals surface area contributed by atoms with Crippen LogP contribution >= 0.6 is 0 Å². The molecule has 1 aliphatic heterocycles. The van der Waals surface area contributed by atoms with Crippen LogP contribution in [0.2, 0.25) is 0 Å². The summed E-state index contributed by atoms with van der Waals surface area (Å²) in [5, 5.41) is 21.3. The van der Waals surface area contributed by atoms with Gasteiger partial charge in [-0.1, -0.05) is 0 Å². The van der Waals surface area contributed by atoms with Crippen molar-refractivity contribution in [2.75, 3.05) is 37.4 Å². The van der Waals surface area contributed by atoms with Gasteiger partial charge in [-0.3, -0.25) is 9.58 Å². The Morgan fingerprint density at radius 3 is 2.49 bits per heavy atom. The molecule has 4 aromatic heterocycles. The van der Waals surface area contributed by atoms with Crippen LogP contribution in [0.3, 0.4) is 0 Å². The smallest absolute Gasteiger partial charge is 0.401 e. The molecule has 0 bridgehead atoms. The number of hydrogen-bond acceptors (Lipinski definition) is 11. The van der Waals surface area contributed by atoms with Gasteiger partial charge in [0.05, 0.1) is 37.2 Å². The Hall–Kier alpha value is -4.64. The van der Waals surface area contributed by atoms with Gasteiger partial charge in [-0.25, -0.2) is 28.7 Å². The summed E-state index contributed by atoms with van der Waals surface area (Å²) in [6, 6.07) is 5.25. The second kappa shape index (κ2) is 15.3. The lowest BCUT2D eigenvalue weighted by molar-refractivity contribution is -0.149. The second-order valence-electron chi connectivity index (χ2n) is 13.2. The van der Waals surface area contributed by atoms with E-state index in [0.29, 0.717) is 77.2 Å². The minimum atomic E-state index is -4.24. The molecular formula is C34H40F5N9O3. The van der Waals surface area contributed by atoms with Gasteiger partial charge in [0.15, 0.2) is 5.82 Å². The topological polar surface area (TPSA) is 135 Å². The number of rotatable bonds is 12. The van der Waals surface area contributed by atoms with Crippen molar-refractivity contribution in [2.24, 2.45) is 0 Å². The van der Waals surface area contributed by atoms with Crippen LogP contribution in [-0.4, -0.2) is 96.8 Å². The fraction of sp³-hybridized carbons (Fsp3) is 0.500. The summed E-state index contributed by atoms with van der Waals surface area (Å²) in [4.78, 5) is 19.5. The van der Waals surface area contributed by atoms with E-state index in [9.17, 15) is 27.1 Å². The van der Waals surface area contributed by atoms with Crippen LogP contribution in [0.5, 0.6) is 11.5 Å². The van der Waals surface area contributed by atoms with E-state index in [1.165, 1.54) is 24.4 Å². The third kappa shape index (κ3) is 9.78. The van der Waals surface area contributed by atoms with Crippen molar-refractivity contribution in [3.8, 4) is 34.1 Å². The molecule has 1 aliphatic carbocycles. The average molecular weight is 718 g/mol. The van der Waals surface area contributed by atoms with Crippen LogP contribution in [-0.2, 0) is 6.54 Å². The zero-order chi connectivity index (χ0) is 36.2. The number of piperidine rings is 1. The molecule has 6 rings (SSSR count). The Morgan fingerprint density at radius 1 is 1.02 bits per heavy atom. The number of nitrogens with zero attached hydrogens (tertiary/aromatic N) is 7. The molecule has 51 heavy (non-hydrogen) atoms. The lowest BCUT2D eigenvalue weighted by Gasteiger charge is -2.34. The number of aromatic nitrogens is 6. The molecule has 3 N–H and O–H groups in total. The summed E-state index contributed by atoms with van der Waals surface area (Å²) in [5.41, 5.74) is 1.62. The monoisotopic (exact) mass is 717 g/mol. The number of anilines is 3. The standard InChI is InChI=1S/C34H40F5N9O3/c1-33(49)8-3-22(4-9-33)44-26-14-30(45-29-5-10-40-32(46-29)21-15-43-48(18-21)19-28(35)36)41-17-25(26)31-27(50-2)13-24(16-42-31)51-23-6-11-47(12-7-23)20-34(37,38)39/h5,10,13-18,22-23,28,49H,3-4,6-9,11-12,19-20H2,1-2H3,(H2,40,41,44,45,46). The summed E-state index contributed by atoms with van der Waals surface area (Å²) < 4.78 is 77.1. The maximum atomic E-state index is 12.8. The van der Waals surface area contributed by atoms with E-state index in [-0.39, 0.29) is 25.2 Å². The predicted octanol–water partition coefficient (Wildman–Crippen LogP) is 6.33. The van der Waals surface area contributed by atoms with Crippen molar-refractivity contribution < 1.29 is 36.5 Å². The van der Waals surface area contributed by atoms with Gasteiger partial charge in [0.25, 0.3) is 6.43 Å². The number of alkyl halides is 5. The first-order chi connectivity index (χ1) is 24.3. The maximum Gasteiger partial charge on any atom is 0.401 e. The Kier molecular flexibility index (Phi) is 10.9. The van der Waals surface area contributed by atoms with E-state index < -0.39 is 31.3 Å². The summed E-state index contributed by atoms with van der Waals surface area (Å²) in [7, 11) is 1.52.